The maximum atomic E-state index is 9.44. The van der Waals surface area contributed by atoms with Crippen molar-refractivity contribution in [2.45, 2.75) is 85.4 Å². The molecule has 0 radical (unpaired) electrons. The molecule has 0 saturated heterocycles. The van der Waals surface area contributed by atoms with Gasteiger partial charge in [0.25, 0.3) is 0 Å². The van der Waals surface area contributed by atoms with E-state index < -0.39 is 30.4 Å². The molecule has 0 spiro atoms. The van der Waals surface area contributed by atoms with Crippen LogP contribution in [0.4, 0.5) is 22.7 Å². The van der Waals surface area contributed by atoms with Crippen molar-refractivity contribution in [3.8, 4) is 50.7 Å². The van der Waals surface area contributed by atoms with E-state index in [-0.39, 0.29) is 34.0 Å². The van der Waals surface area contributed by atoms with Crippen molar-refractivity contribution < 1.29 is 15.7 Å². The highest BCUT2D eigenvalue weighted by molar-refractivity contribution is 6.09. The fourth-order valence-corrected chi connectivity index (χ4v) is 10.1. The minimum atomic E-state index is -2.31. The zero-order chi connectivity index (χ0) is 57.0. The molecule has 0 saturated carbocycles. The molecule has 0 atom stereocenters. The lowest BCUT2D eigenvalue weighted by molar-refractivity contribution is 0.483. The number of hydrogen-bond acceptors (Lipinski definition) is 4. The van der Waals surface area contributed by atoms with Crippen molar-refractivity contribution in [3.63, 3.8) is 0 Å². The van der Waals surface area contributed by atoms with Gasteiger partial charge in [0.05, 0.1) is 34.9 Å². The van der Waals surface area contributed by atoms with Crippen LogP contribution < -0.4 is 14.5 Å². The Morgan fingerprint density at radius 3 is 1.88 bits per heavy atom. The number of hydrogen-bond donors (Lipinski definition) is 0. The van der Waals surface area contributed by atoms with Gasteiger partial charge in [-0.2, -0.15) is 0 Å². The average Bonchev–Trinajstić information content (AvgIpc) is 4.18. The minimum absolute atomic E-state index is 0.0190. The van der Waals surface area contributed by atoms with Crippen molar-refractivity contribution >= 4 is 44.6 Å². The molecule has 5 heteroatoms. The quantitative estimate of drug-likeness (QED) is 0.152. The van der Waals surface area contributed by atoms with Gasteiger partial charge in [0, 0.05) is 50.0 Å². The number of nitrogens with zero attached hydrogens (tertiary/aromatic N) is 4. The third-order valence-corrected chi connectivity index (χ3v) is 13.9. The molecule has 358 valence electrons. The predicted octanol–water partition coefficient (Wildman–Crippen LogP) is 18.4. The molecule has 3 heterocycles. The maximum absolute atomic E-state index is 9.44. The summed E-state index contributed by atoms with van der Waals surface area (Å²) in [6.45, 7) is 17.9. The smallest absolute Gasteiger partial charge is 0.137 e. The van der Waals surface area contributed by atoms with Gasteiger partial charge in [-0.15, -0.1) is 0 Å². The molecule has 0 unspecified atom stereocenters. The Hall–Kier alpha value is -7.89. The Labute approximate surface area is 437 Å². The van der Waals surface area contributed by atoms with E-state index in [1.807, 2.05) is 89.5 Å². The van der Waals surface area contributed by atoms with E-state index >= 15 is 0 Å². The number of rotatable bonds is 8. The number of pyridine rings is 1. The van der Waals surface area contributed by atoms with E-state index in [9.17, 15) is 2.74 Å². The van der Waals surface area contributed by atoms with E-state index in [1.165, 1.54) is 23.4 Å². The summed E-state index contributed by atoms with van der Waals surface area (Å²) in [4.78, 5) is 9.06. The molecule has 0 bridgehead atoms. The van der Waals surface area contributed by atoms with Crippen LogP contribution in [0.1, 0.15) is 95.5 Å². The summed E-state index contributed by atoms with van der Waals surface area (Å²) in [5.74, 6) is 1.64. The van der Waals surface area contributed by atoms with Crippen molar-refractivity contribution in [1.29, 1.82) is 0 Å². The summed E-state index contributed by atoms with van der Waals surface area (Å²) in [7, 11) is 0. The highest BCUT2D eigenvalue weighted by Gasteiger charge is 2.33. The minimum Gasteiger partial charge on any atom is -0.457 e. The molecule has 5 nitrogen and oxygen atoms in total. The first-order valence-electron chi connectivity index (χ1n) is 28.7. The SMILES string of the molecule is [2H]c1c([2H])c([2H])c(-c2cc(C(C)(C)C)cc(-c3ccc(-c4ccc(C(C)(C)C)cc4C(C)(C)C)cc3)c2N2CN(c3cccc(Oc4ccc5c6ccccc6n(-c6cc(C([2H])([2H])[2H])ccn6)c5c4)c3)c3ccccc32)c([2H])c1[2H]. The summed E-state index contributed by atoms with van der Waals surface area (Å²) in [6.07, 6.45) is 1.53. The first-order valence-corrected chi connectivity index (χ1v) is 24.7. The van der Waals surface area contributed by atoms with Crippen LogP contribution in [-0.4, -0.2) is 16.2 Å². The molecule has 72 heavy (non-hydrogen) atoms. The van der Waals surface area contributed by atoms with Gasteiger partial charge in [0.2, 0.25) is 0 Å². The number of fused-ring (bicyclic) bond motifs is 4. The lowest BCUT2D eigenvalue weighted by Crippen LogP contribution is -2.25. The van der Waals surface area contributed by atoms with Gasteiger partial charge in [-0.3, -0.25) is 4.57 Å². The fourth-order valence-electron chi connectivity index (χ4n) is 10.1. The fraction of sp³-hybridized carbons (Fsp3) is 0.209. The van der Waals surface area contributed by atoms with Gasteiger partial charge in [-0.25, -0.2) is 4.98 Å². The van der Waals surface area contributed by atoms with Gasteiger partial charge in [-0.1, -0.05) is 171 Å². The number of aryl methyl sites for hydroxylation is 1. The van der Waals surface area contributed by atoms with Crippen LogP contribution in [0.2, 0.25) is 0 Å². The second-order valence-electron chi connectivity index (χ2n) is 22.0. The highest BCUT2D eigenvalue weighted by Crippen LogP contribution is 2.52. The van der Waals surface area contributed by atoms with Crippen LogP contribution in [0.3, 0.4) is 0 Å². The summed E-state index contributed by atoms with van der Waals surface area (Å²) < 4.78 is 78.4. The number of aromatic nitrogens is 2. The Morgan fingerprint density at radius 2 is 1.17 bits per heavy atom. The number of para-hydroxylation sites is 3. The lowest BCUT2D eigenvalue weighted by Gasteiger charge is -2.30. The van der Waals surface area contributed by atoms with E-state index in [2.05, 4.69) is 138 Å². The summed E-state index contributed by atoms with van der Waals surface area (Å²) in [6, 6.07) is 51.0. The zero-order valence-electron chi connectivity index (χ0n) is 50.5. The van der Waals surface area contributed by atoms with Crippen molar-refractivity contribution in [3.05, 3.63) is 216 Å². The van der Waals surface area contributed by atoms with E-state index in [0.717, 1.165) is 66.7 Å². The predicted molar refractivity (Wildman–Crippen MR) is 304 cm³/mol. The zero-order valence-corrected chi connectivity index (χ0v) is 42.5. The molecular formula is C67H64N4O. The molecule has 1 aliphatic heterocycles. The molecule has 0 aliphatic carbocycles. The van der Waals surface area contributed by atoms with E-state index in [4.69, 9.17) is 13.0 Å². The molecule has 10 aromatic rings. The van der Waals surface area contributed by atoms with E-state index in [0.29, 0.717) is 35.2 Å². The highest BCUT2D eigenvalue weighted by atomic mass is 16.5. The van der Waals surface area contributed by atoms with Crippen LogP contribution in [0.15, 0.2) is 194 Å². The molecule has 2 aromatic heterocycles. The standard InChI is InChI=1S/C67H64N4O/c1-44-35-36-68-63(37-44)71-59-24-15-14-23-54(59)55-34-32-52(42-62(55)71)72-51-22-18-21-50(41-51)69-43-70(61-26-17-16-25-60(61)69)64-56(45-19-12-11-13-20-45)38-49(66(5,6)7)39-57(64)47-29-27-46(28-30-47)53-33-31-48(65(2,3)4)40-58(53)67(8,9)10/h11-42H,43H2,1-10H3/i1D3,11D,12D,13D,19D,20D. The van der Waals surface area contributed by atoms with Crippen LogP contribution in [0, 0.1) is 6.85 Å². The Bertz CT molecular complexity index is 4060. The second kappa shape index (κ2) is 17.8. The van der Waals surface area contributed by atoms with Crippen molar-refractivity contribution in [2.75, 3.05) is 16.5 Å². The number of anilines is 4. The average molecular weight is 949 g/mol. The normalized spacial score (nSPS) is 14.8. The summed E-state index contributed by atoms with van der Waals surface area (Å²) in [5, 5.41) is 1.96. The summed E-state index contributed by atoms with van der Waals surface area (Å²) in [5.41, 5.74) is 12.8. The number of benzene rings is 8. The molecular weight excluding hydrogens is 877 g/mol. The molecule has 11 rings (SSSR count). The van der Waals surface area contributed by atoms with Crippen LogP contribution >= 0.6 is 0 Å². The van der Waals surface area contributed by atoms with Crippen molar-refractivity contribution in [2.24, 2.45) is 0 Å². The largest absolute Gasteiger partial charge is 0.457 e. The topological polar surface area (TPSA) is 33.5 Å². The Kier molecular flexibility index (Phi) is 9.34. The van der Waals surface area contributed by atoms with Crippen LogP contribution in [0.25, 0.3) is 61.0 Å². The molecule has 8 aromatic carbocycles. The Balaban J connectivity index is 1.04. The summed E-state index contributed by atoms with van der Waals surface area (Å²) >= 11 is 0. The maximum Gasteiger partial charge on any atom is 0.137 e. The molecule has 1 aliphatic rings. The monoisotopic (exact) mass is 949 g/mol. The Morgan fingerprint density at radius 1 is 0.514 bits per heavy atom. The van der Waals surface area contributed by atoms with E-state index in [1.54, 1.807) is 6.07 Å². The van der Waals surface area contributed by atoms with Crippen molar-refractivity contribution in [1.82, 2.24) is 9.55 Å². The molecule has 0 N–H and O–H groups in total. The molecule has 0 fully saturated rings. The van der Waals surface area contributed by atoms with Crippen LogP contribution in [-0.2, 0) is 16.2 Å². The van der Waals surface area contributed by atoms with Gasteiger partial charge in [0.15, 0.2) is 0 Å². The third-order valence-electron chi connectivity index (χ3n) is 13.9. The second-order valence-corrected chi connectivity index (χ2v) is 22.0. The van der Waals surface area contributed by atoms with Gasteiger partial charge in [0.1, 0.15) is 24.0 Å². The lowest BCUT2D eigenvalue weighted by atomic mass is 9.77. The van der Waals surface area contributed by atoms with Gasteiger partial charge >= 0.3 is 0 Å². The van der Waals surface area contributed by atoms with Gasteiger partial charge in [-0.05, 0) is 134 Å². The van der Waals surface area contributed by atoms with Gasteiger partial charge < -0.3 is 14.5 Å². The molecule has 0 amide bonds. The number of ether oxygens (including phenoxy) is 1. The van der Waals surface area contributed by atoms with Crippen LogP contribution in [0.5, 0.6) is 11.5 Å². The first-order chi connectivity index (χ1) is 37.8. The third kappa shape index (κ3) is 8.61. The first kappa shape index (κ1) is 37.9.